The van der Waals surface area contributed by atoms with Gasteiger partial charge >= 0.3 is 0 Å². The van der Waals surface area contributed by atoms with Gasteiger partial charge in [0.2, 0.25) is 0 Å². The summed E-state index contributed by atoms with van der Waals surface area (Å²) in [4.78, 5) is 5.58. The third-order valence-electron chi connectivity index (χ3n) is 18.5. The molecule has 6 aliphatic carbocycles. The first kappa shape index (κ1) is 38.7. The number of aliphatic imine (C=N–C) groups is 1. The van der Waals surface area contributed by atoms with Gasteiger partial charge in [-0.2, -0.15) is 0 Å². The van der Waals surface area contributed by atoms with Gasteiger partial charge in [0.1, 0.15) is 0 Å². The predicted octanol–water partition coefficient (Wildman–Crippen LogP) is 9.92. The zero-order valence-corrected chi connectivity index (χ0v) is 35.7. The molecule has 18 unspecified atom stereocenters. The van der Waals surface area contributed by atoms with E-state index in [1.54, 1.807) is 16.9 Å². The van der Waals surface area contributed by atoms with Crippen LogP contribution < -0.4 is 21.3 Å². The van der Waals surface area contributed by atoms with E-state index in [2.05, 4.69) is 78.5 Å². The van der Waals surface area contributed by atoms with Gasteiger partial charge in [-0.05, 0) is 174 Å². The molecule has 18 atom stereocenters. The Labute approximate surface area is 341 Å². The van der Waals surface area contributed by atoms with Crippen molar-refractivity contribution >= 4 is 5.71 Å². The van der Waals surface area contributed by atoms with E-state index in [4.69, 9.17) is 4.99 Å². The molecule has 308 valence electrons. The summed E-state index contributed by atoms with van der Waals surface area (Å²) in [5, 5.41) is 17.3. The lowest BCUT2D eigenvalue weighted by atomic mass is 9.65. The summed E-state index contributed by atoms with van der Waals surface area (Å²) in [6, 6.07) is 2.76. The molecule has 5 heteroatoms. The van der Waals surface area contributed by atoms with E-state index in [1.807, 2.05) is 0 Å². The van der Waals surface area contributed by atoms with E-state index in [9.17, 15) is 0 Å². The Morgan fingerprint density at radius 2 is 1.46 bits per heavy atom. The van der Waals surface area contributed by atoms with E-state index in [0.717, 1.165) is 48.6 Å². The maximum absolute atomic E-state index is 5.58. The molecule has 3 saturated heterocycles. The Bertz CT molecular complexity index is 1530. The molecule has 4 N–H and O–H groups in total. The molecule has 0 aromatic carbocycles. The molecular formula is C51H79N5. The Kier molecular flexibility index (Phi) is 11.6. The highest BCUT2D eigenvalue weighted by Crippen LogP contribution is 2.46. The maximum Gasteiger partial charge on any atom is 0.0624 e. The molecule has 0 bridgehead atoms. The lowest BCUT2D eigenvalue weighted by molar-refractivity contribution is 0.0686. The normalized spacial score (nSPS) is 49.5. The molecule has 2 saturated carbocycles. The molecule has 5 fully saturated rings. The minimum atomic E-state index is 0.344. The number of hydrogen-bond acceptors (Lipinski definition) is 5. The van der Waals surface area contributed by atoms with Crippen molar-refractivity contribution in [3.05, 3.63) is 47.6 Å². The number of rotatable bonds is 6. The van der Waals surface area contributed by atoms with Gasteiger partial charge in [0.15, 0.2) is 0 Å². The fourth-order valence-electron chi connectivity index (χ4n) is 15.4. The number of fused-ring (bicyclic) bond motifs is 3. The first-order chi connectivity index (χ1) is 27.4. The maximum atomic E-state index is 5.58. The fraction of sp³-hybridized carbons (Fsp3) is 0.824. The zero-order valence-electron chi connectivity index (χ0n) is 35.7. The SMILES string of the molecule is CC1CC(C2NC(C3CCC(C4=CC(C)C5CCCCC5C4)NC3)C(C)C(C3CCC(C4=CC5C=CCCC5CC4)N3)N2)CN=C1C1CCC2CCC=CC2C1. The predicted molar refractivity (Wildman–Crippen MR) is 234 cm³/mol. The molecule has 0 aromatic rings. The first-order valence-corrected chi connectivity index (χ1v) is 24.8. The molecule has 0 amide bonds. The summed E-state index contributed by atoms with van der Waals surface area (Å²) in [7, 11) is 0. The van der Waals surface area contributed by atoms with Crippen molar-refractivity contribution in [1.29, 1.82) is 0 Å². The van der Waals surface area contributed by atoms with Crippen LogP contribution in [-0.4, -0.2) is 55.2 Å². The smallest absolute Gasteiger partial charge is 0.0624 e. The van der Waals surface area contributed by atoms with Crippen LogP contribution in [-0.2, 0) is 0 Å². The van der Waals surface area contributed by atoms with E-state index in [-0.39, 0.29) is 0 Å². The van der Waals surface area contributed by atoms with Gasteiger partial charge in [-0.25, -0.2) is 0 Å². The van der Waals surface area contributed by atoms with E-state index < -0.39 is 0 Å². The van der Waals surface area contributed by atoms with Crippen molar-refractivity contribution in [3.63, 3.8) is 0 Å². The first-order valence-electron chi connectivity index (χ1n) is 24.8. The second-order valence-corrected chi connectivity index (χ2v) is 21.7. The van der Waals surface area contributed by atoms with Gasteiger partial charge in [-0.15, -0.1) is 0 Å². The van der Waals surface area contributed by atoms with Crippen molar-refractivity contribution in [3.8, 4) is 0 Å². The minimum absolute atomic E-state index is 0.344. The molecule has 10 rings (SSSR count). The third-order valence-corrected chi connectivity index (χ3v) is 18.5. The Morgan fingerprint density at radius 1 is 0.643 bits per heavy atom. The highest BCUT2D eigenvalue weighted by Gasteiger charge is 2.48. The number of nitrogens with zero attached hydrogens (tertiary/aromatic N) is 1. The number of piperidine rings is 1. The minimum Gasteiger partial charge on any atom is -0.310 e. The Hall–Kier alpha value is -1.53. The number of hydrogen-bond donors (Lipinski definition) is 4. The van der Waals surface area contributed by atoms with Crippen LogP contribution in [0.2, 0.25) is 0 Å². The molecule has 0 radical (unpaired) electrons. The number of allylic oxidation sites excluding steroid dienone is 6. The fourth-order valence-corrected chi connectivity index (χ4v) is 15.4. The van der Waals surface area contributed by atoms with Crippen molar-refractivity contribution in [1.82, 2.24) is 21.3 Å². The van der Waals surface area contributed by atoms with E-state index >= 15 is 0 Å². The summed E-state index contributed by atoms with van der Waals surface area (Å²) in [6.45, 7) is 9.83. The summed E-state index contributed by atoms with van der Waals surface area (Å²) in [6.07, 6.45) is 41.8. The molecule has 4 heterocycles. The van der Waals surface area contributed by atoms with Crippen LogP contribution in [0.5, 0.6) is 0 Å². The van der Waals surface area contributed by atoms with Crippen molar-refractivity contribution in [2.24, 2.45) is 76.0 Å². The Morgan fingerprint density at radius 3 is 2.34 bits per heavy atom. The Balaban J connectivity index is 0.842. The molecule has 10 aliphatic rings. The van der Waals surface area contributed by atoms with Gasteiger partial charge < -0.3 is 10.6 Å². The molecule has 5 nitrogen and oxygen atoms in total. The summed E-state index contributed by atoms with van der Waals surface area (Å²) >= 11 is 0. The van der Waals surface area contributed by atoms with Crippen LogP contribution >= 0.6 is 0 Å². The average Bonchev–Trinajstić information content (AvgIpc) is 3.74. The lowest BCUT2D eigenvalue weighted by Crippen LogP contribution is -2.71. The van der Waals surface area contributed by atoms with Crippen molar-refractivity contribution in [2.75, 3.05) is 13.1 Å². The van der Waals surface area contributed by atoms with Crippen molar-refractivity contribution < 1.29 is 0 Å². The van der Waals surface area contributed by atoms with Crippen LogP contribution in [0.1, 0.15) is 143 Å². The molecular weight excluding hydrogens is 683 g/mol. The van der Waals surface area contributed by atoms with Crippen LogP contribution in [0, 0.1) is 71.0 Å². The van der Waals surface area contributed by atoms with Gasteiger partial charge in [0.05, 0.1) is 6.17 Å². The highest BCUT2D eigenvalue weighted by atomic mass is 15.2. The van der Waals surface area contributed by atoms with Gasteiger partial charge in [0.25, 0.3) is 0 Å². The molecule has 0 spiro atoms. The number of nitrogens with one attached hydrogen (secondary N) is 4. The molecule has 4 aliphatic heterocycles. The summed E-state index contributed by atoms with van der Waals surface area (Å²) in [5.74, 6) is 9.12. The zero-order chi connectivity index (χ0) is 37.8. The lowest BCUT2D eigenvalue weighted by Gasteiger charge is -2.51. The van der Waals surface area contributed by atoms with Crippen LogP contribution in [0.4, 0.5) is 0 Å². The second-order valence-electron chi connectivity index (χ2n) is 21.7. The van der Waals surface area contributed by atoms with E-state index in [1.165, 1.54) is 122 Å². The average molecular weight is 762 g/mol. The standard InChI is InChI=1S/C51H79N5/c1-31-24-42(28-38-14-8-9-15-44(31)38)45-21-20-41(29-52-45)49-33(3)50(47-23-22-46(54-47)39-18-16-34-10-4-6-12-36(34)26-39)56-51(55-49)43-25-32(2)48(53-30-43)40-19-17-35-11-5-7-13-37(35)27-40/h6-7,12-13,24,26,31-38,40-41,43-47,49-52,54-56H,4-5,8-11,14-23,25,27-30H2,1-3H3. The highest BCUT2D eigenvalue weighted by molar-refractivity contribution is 5.89. The van der Waals surface area contributed by atoms with Crippen LogP contribution in [0.3, 0.4) is 0 Å². The summed E-state index contributed by atoms with van der Waals surface area (Å²) < 4.78 is 0. The van der Waals surface area contributed by atoms with Crippen LogP contribution in [0.25, 0.3) is 0 Å². The monoisotopic (exact) mass is 762 g/mol. The summed E-state index contributed by atoms with van der Waals surface area (Å²) in [5.41, 5.74) is 5.08. The van der Waals surface area contributed by atoms with Crippen LogP contribution in [0.15, 0.2) is 52.6 Å². The van der Waals surface area contributed by atoms with Crippen molar-refractivity contribution in [2.45, 2.75) is 179 Å². The van der Waals surface area contributed by atoms with Gasteiger partial charge in [-0.3, -0.25) is 15.6 Å². The van der Waals surface area contributed by atoms with Gasteiger partial charge in [0, 0.05) is 54.9 Å². The largest absolute Gasteiger partial charge is 0.310 e. The quantitative estimate of drug-likeness (QED) is 0.204. The van der Waals surface area contributed by atoms with E-state index in [0.29, 0.717) is 71.9 Å². The second kappa shape index (κ2) is 16.8. The topological polar surface area (TPSA) is 60.5 Å². The van der Waals surface area contributed by atoms with Gasteiger partial charge in [-0.1, -0.05) is 81.2 Å². The third kappa shape index (κ3) is 7.80. The molecule has 0 aromatic heterocycles. The molecule has 56 heavy (non-hydrogen) atoms.